The molecule has 0 saturated heterocycles. The number of ether oxygens (including phenoxy) is 2. The molecule has 0 aliphatic heterocycles. The maximum Gasteiger partial charge on any atom is 0.416 e. The van der Waals surface area contributed by atoms with E-state index in [2.05, 4.69) is 22.4 Å². The smallest absolute Gasteiger partial charge is 0.416 e. The first-order valence-electron chi connectivity index (χ1n) is 8.23. The number of benzene rings is 2. The second-order valence-electron chi connectivity index (χ2n) is 5.74. The number of aromatic nitrogens is 1. The molecule has 0 fully saturated rings. The first-order valence-corrected chi connectivity index (χ1v) is 8.23. The molecule has 3 rings (SSSR count). The number of oxazole rings is 1. The third-order valence-corrected chi connectivity index (χ3v) is 4.15. The number of methoxy groups -OCH3 is 2. The van der Waals surface area contributed by atoms with Gasteiger partial charge in [-0.2, -0.15) is 0 Å². The molecule has 2 N–H and O–H groups in total. The molecule has 0 saturated carbocycles. The van der Waals surface area contributed by atoms with Gasteiger partial charge >= 0.3 is 5.76 Å². The van der Waals surface area contributed by atoms with Gasteiger partial charge in [-0.1, -0.05) is 24.3 Å². The van der Waals surface area contributed by atoms with E-state index in [4.69, 9.17) is 13.9 Å². The van der Waals surface area contributed by atoms with E-state index >= 15 is 0 Å². The van der Waals surface area contributed by atoms with Crippen molar-refractivity contribution < 1.29 is 13.9 Å². The molecule has 0 radical (unpaired) electrons. The number of rotatable bonds is 8. The molecular weight excluding hydrogens is 320 g/mol. The van der Waals surface area contributed by atoms with Crippen molar-refractivity contribution in [1.82, 2.24) is 10.3 Å². The summed E-state index contributed by atoms with van der Waals surface area (Å²) in [6.45, 7) is 1.46. The highest BCUT2D eigenvalue weighted by Gasteiger charge is 2.14. The van der Waals surface area contributed by atoms with E-state index in [0.29, 0.717) is 18.7 Å². The Labute approximate surface area is 145 Å². The quantitative estimate of drug-likeness (QED) is 0.616. The van der Waals surface area contributed by atoms with Crippen LogP contribution in [0, 0.1) is 0 Å². The fraction of sp³-hybridized carbons (Fsp3) is 0.316. The Balaban J connectivity index is 1.70. The summed E-state index contributed by atoms with van der Waals surface area (Å²) in [5.74, 6) is 1.75. The fourth-order valence-corrected chi connectivity index (χ4v) is 2.97. The summed E-state index contributed by atoms with van der Waals surface area (Å²) >= 11 is 0. The largest absolute Gasteiger partial charge is 0.493 e. The van der Waals surface area contributed by atoms with Crippen molar-refractivity contribution in [3.8, 4) is 11.5 Å². The minimum absolute atomic E-state index is 0.407. The first-order chi connectivity index (χ1) is 12.2. The van der Waals surface area contributed by atoms with Gasteiger partial charge in [-0.05, 0) is 29.8 Å². The summed E-state index contributed by atoms with van der Waals surface area (Å²) in [6, 6.07) is 10.2. The van der Waals surface area contributed by atoms with E-state index in [1.807, 2.05) is 18.2 Å². The van der Waals surface area contributed by atoms with Gasteiger partial charge in [0.1, 0.15) is 5.76 Å². The zero-order valence-electron chi connectivity index (χ0n) is 14.4. The van der Waals surface area contributed by atoms with Crippen molar-refractivity contribution >= 4 is 10.8 Å². The number of fused-ring (bicyclic) bond motifs is 1. The monoisotopic (exact) mass is 342 g/mol. The molecule has 6 heteroatoms. The molecule has 0 aliphatic carbocycles. The Morgan fingerprint density at radius 2 is 2.04 bits per heavy atom. The highest BCUT2D eigenvalue weighted by molar-refractivity contribution is 5.90. The molecule has 0 aliphatic rings. The SMILES string of the molecule is COc1cc2ccccc2c(CNCCCc2c[nH]c(=O)o2)c1OC. The van der Waals surface area contributed by atoms with Gasteiger partial charge in [-0.25, -0.2) is 4.79 Å². The number of nitrogens with one attached hydrogen (secondary N) is 2. The Morgan fingerprint density at radius 3 is 2.76 bits per heavy atom. The van der Waals surface area contributed by atoms with Crippen molar-refractivity contribution in [1.29, 1.82) is 0 Å². The van der Waals surface area contributed by atoms with E-state index in [9.17, 15) is 4.79 Å². The van der Waals surface area contributed by atoms with E-state index < -0.39 is 5.76 Å². The van der Waals surface area contributed by atoms with Crippen LogP contribution in [-0.2, 0) is 13.0 Å². The van der Waals surface area contributed by atoms with Crippen LogP contribution >= 0.6 is 0 Å². The highest BCUT2D eigenvalue weighted by Crippen LogP contribution is 2.37. The molecule has 132 valence electrons. The molecule has 3 aromatic rings. The lowest BCUT2D eigenvalue weighted by molar-refractivity contribution is 0.351. The Hall–Kier alpha value is -2.73. The summed E-state index contributed by atoms with van der Waals surface area (Å²) in [4.78, 5) is 13.5. The zero-order valence-corrected chi connectivity index (χ0v) is 14.4. The number of aryl methyl sites for hydroxylation is 1. The van der Waals surface area contributed by atoms with Crippen molar-refractivity contribution in [2.75, 3.05) is 20.8 Å². The van der Waals surface area contributed by atoms with Gasteiger partial charge in [0.25, 0.3) is 0 Å². The molecule has 6 nitrogen and oxygen atoms in total. The van der Waals surface area contributed by atoms with Crippen LogP contribution in [0.1, 0.15) is 17.7 Å². The summed E-state index contributed by atoms with van der Waals surface area (Å²) in [7, 11) is 3.30. The minimum Gasteiger partial charge on any atom is -0.493 e. The third-order valence-electron chi connectivity index (χ3n) is 4.15. The Kier molecular flexibility index (Phi) is 5.40. The molecule has 25 heavy (non-hydrogen) atoms. The lowest BCUT2D eigenvalue weighted by atomic mass is 10.0. The van der Waals surface area contributed by atoms with Gasteiger partial charge in [0.2, 0.25) is 0 Å². The van der Waals surface area contributed by atoms with Gasteiger partial charge < -0.3 is 19.2 Å². The minimum atomic E-state index is -0.407. The van der Waals surface area contributed by atoms with Gasteiger partial charge in [-0.3, -0.25) is 4.98 Å². The lowest BCUT2D eigenvalue weighted by Gasteiger charge is -2.16. The third kappa shape index (κ3) is 3.85. The van der Waals surface area contributed by atoms with Gasteiger partial charge in [-0.15, -0.1) is 0 Å². The van der Waals surface area contributed by atoms with Crippen molar-refractivity contribution in [2.45, 2.75) is 19.4 Å². The normalized spacial score (nSPS) is 11.0. The average Bonchev–Trinajstić information content (AvgIpc) is 3.05. The second-order valence-corrected chi connectivity index (χ2v) is 5.74. The second kappa shape index (κ2) is 7.90. The number of hydrogen-bond acceptors (Lipinski definition) is 5. The topological polar surface area (TPSA) is 76.5 Å². The van der Waals surface area contributed by atoms with Crippen LogP contribution in [0.4, 0.5) is 0 Å². The predicted molar refractivity (Wildman–Crippen MR) is 96.4 cm³/mol. The van der Waals surface area contributed by atoms with Gasteiger partial charge in [0.05, 0.1) is 14.2 Å². The molecule has 0 spiro atoms. The summed E-state index contributed by atoms with van der Waals surface area (Å²) in [6.07, 6.45) is 3.19. The first kappa shape index (κ1) is 17.1. The van der Waals surface area contributed by atoms with Gasteiger partial charge in [0, 0.05) is 24.7 Å². The van der Waals surface area contributed by atoms with Crippen LogP contribution in [0.15, 0.2) is 45.7 Å². The predicted octanol–water partition coefficient (Wildman–Crippen LogP) is 2.86. The van der Waals surface area contributed by atoms with Gasteiger partial charge in [0.15, 0.2) is 11.5 Å². The van der Waals surface area contributed by atoms with Crippen LogP contribution in [-0.4, -0.2) is 25.7 Å². The Bertz CT molecular complexity index is 898. The van der Waals surface area contributed by atoms with E-state index in [0.717, 1.165) is 40.8 Å². The van der Waals surface area contributed by atoms with Crippen LogP contribution in [0.25, 0.3) is 10.8 Å². The lowest BCUT2D eigenvalue weighted by Crippen LogP contribution is -2.16. The van der Waals surface area contributed by atoms with E-state index in [1.165, 1.54) is 0 Å². The standard InChI is InChI=1S/C19H22N2O4/c1-23-17-10-13-6-3-4-8-15(13)16(18(17)24-2)12-20-9-5-7-14-11-21-19(22)25-14/h3-4,6,8,10-11,20H,5,7,9,12H2,1-2H3,(H,21,22). The Morgan fingerprint density at radius 1 is 1.20 bits per heavy atom. The van der Waals surface area contributed by atoms with Crippen LogP contribution in [0.3, 0.4) is 0 Å². The molecule has 0 unspecified atom stereocenters. The van der Waals surface area contributed by atoms with Crippen LogP contribution in [0.2, 0.25) is 0 Å². The maximum atomic E-state index is 11.0. The van der Waals surface area contributed by atoms with Crippen molar-refractivity contribution in [3.05, 3.63) is 58.4 Å². The molecule has 2 aromatic carbocycles. The molecule has 1 heterocycles. The highest BCUT2D eigenvalue weighted by atomic mass is 16.5. The summed E-state index contributed by atoms with van der Waals surface area (Å²) in [5.41, 5.74) is 1.07. The fourth-order valence-electron chi connectivity index (χ4n) is 2.97. The summed E-state index contributed by atoms with van der Waals surface area (Å²) < 4.78 is 16.1. The summed E-state index contributed by atoms with van der Waals surface area (Å²) in [5, 5.41) is 5.69. The molecule has 0 bridgehead atoms. The molecule has 0 atom stereocenters. The van der Waals surface area contributed by atoms with E-state index in [1.54, 1.807) is 20.4 Å². The average molecular weight is 342 g/mol. The van der Waals surface area contributed by atoms with Crippen molar-refractivity contribution in [2.24, 2.45) is 0 Å². The van der Waals surface area contributed by atoms with Crippen LogP contribution in [0.5, 0.6) is 11.5 Å². The number of hydrogen-bond donors (Lipinski definition) is 2. The van der Waals surface area contributed by atoms with Crippen molar-refractivity contribution in [3.63, 3.8) is 0 Å². The number of aromatic amines is 1. The molecule has 0 amide bonds. The maximum absolute atomic E-state index is 11.0. The number of H-pyrrole nitrogens is 1. The van der Waals surface area contributed by atoms with E-state index in [-0.39, 0.29) is 0 Å². The zero-order chi connectivity index (χ0) is 17.6. The van der Waals surface area contributed by atoms with Crippen LogP contribution < -0.4 is 20.5 Å². The molecule has 1 aromatic heterocycles. The molecular formula is C19H22N2O4.